The zero-order chi connectivity index (χ0) is 10.1. The molecule has 72 valence electrons. The molecule has 0 atom stereocenters. The van der Waals surface area contributed by atoms with E-state index >= 15 is 0 Å². The van der Waals surface area contributed by atoms with Crippen molar-refractivity contribution in [2.75, 3.05) is 0 Å². The van der Waals surface area contributed by atoms with Crippen LogP contribution in [-0.2, 0) is 0 Å². The molecule has 0 aromatic carbocycles. The number of rotatable bonds is 6. The minimum atomic E-state index is 1.05. The van der Waals surface area contributed by atoms with E-state index in [1.807, 2.05) is 12.2 Å². The Balaban J connectivity index is 3.67. The lowest BCUT2D eigenvalue weighted by atomic mass is 10.6. The minimum absolute atomic E-state index is 1.05. The molecule has 0 aliphatic rings. The van der Waals surface area contributed by atoms with Crippen molar-refractivity contribution in [2.45, 2.75) is 0 Å². The molecule has 0 fully saturated rings. The van der Waals surface area contributed by atoms with Crippen LogP contribution in [0.15, 0.2) is 45.1 Å². The van der Waals surface area contributed by atoms with Gasteiger partial charge >= 0.3 is 0 Å². The molecule has 0 rings (SSSR count). The van der Waals surface area contributed by atoms with Gasteiger partial charge in [-0.05, 0) is 75.4 Å². The molecular formula is C8H8Br2S3. The van der Waals surface area contributed by atoms with Crippen molar-refractivity contribution in [1.82, 2.24) is 0 Å². The highest BCUT2D eigenvalue weighted by Crippen LogP contribution is 2.47. The topological polar surface area (TPSA) is 0 Å². The third-order valence-corrected chi connectivity index (χ3v) is 6.95. The number of halogens is 2. The number of hydrogen-bond acceptors (Lipinski definition) is 3. The summed E-state index contributed by atoms with van der Waals surface area (Å²) in [5.74, 6) is 0. The second-order valence-electron chi connectivity index (χ2n) is 1.65. The van der Waals surface area contributed by atoms with Crippen LogP contribution >= 0.6 is 63.3 Å². The van der Waals surface area contributed by atoms with E-state index in [0.29, 0.717) is 0 Å². The standard InChI is InChI=1S/C8H8Br2S3/c1-3-5-7(9)11-13-12-8(10)6-4-2/h3-6H,1-2H2/b7-5-,8-6-. The zero-order valence-electron chi connectivity index (χ0n) is 6.70. The second-order valence-corrected chi connectivity index (χ2v) is 8.39. The molecule has 0 saturated carbocycles. The van der Waals surface area contributed by atoms with Gasteiger partial charge in [-0.2, -0.15) is 0 Å². The smallest absolute Gasteiger partial charge is 0.0619 e. The van der Waals surface area contributed by atoms with Crippen molar-refractivity contribution < 1.29 is 0 Å². The molecule has 0 spiro atoms. The molecule has 0 nitrogen and oxygen atoms in total. The zero-order valence-corrected chi connectivity index (χ0v) is 12.3. The first-order valence-electron chi connectivity index (χ1n) is 3.18. The maximum atomic E-state index is 3.60. The quantitative estimate of drug-likeness (QED) is 0.430. The summed E-state index contributed by atoms with van der Waals surface area (Å²) in [6, 6.07) is 0. The van der Waals surface area contributed by atoms with Gasteiger partial charge in [-0.15, -0.1) is 0 Å². The van der Waals surface area contributed by atoms with Gasteiger partial charge in [0.2, 0.25) is 0 Å². The van der Waals surface area contributed by atoms with Crippen molar-refractivity contribution in [1.29, 1.82) is 0 Å². The summed E-state index contributed by atoms with van der Waals surface area (Å²) in [5, 5.41) is 0. The molecular weight excluding hydrogens is 352 g/mol. The molecule has 13 heavy (non-hydrogen) atoms. The summed E-state index contributed by atoms with van der Waals surface area (Å²) in [6.07, 6.45) is 7.31. The van der Waals surface area contributed by atoms with Crippen molar-refractivity contribution >= 4 is 63.3 Å². The van der Waals surface area contributed by atoms with Crippen molar-refractivity contribution in [2.24, 2.45) is 0 Å². The van der Waals surface area contributed by atoms with E-state index in [9.17, 15) is 0 Å². The summed E-state index contributed by atoms with van der Waals surface area (Å²) in [4.78, 5) is 0. The van der Waals surface area contributed by atoms with Crippen LogP contribution in [0.25, 0.3) is 0 Å². The summed E-state index contributed by atoms with van der Waals surface area (Å²) < 4.78 is 2.11. The third kappa shape index (κ3) is 9.28. The van der Waals surface area contributed by atoms with Crippen LogP contribution in [-0.4, -0.2) is 0 Å². The average molecular weight is 360 g/mol. The Hall–Kier alpha value is 0.970. The van der Waals surface area contributed by atoms with Crippen molar-refractivity contribution in [3.8, 4) is 0 Å². The maximum Gasteiger partial charge on any atom is 0.0619 e. The molecule has 0 aliphatic heterocycles. The van der Waals surface area contributed by atoms with E-state index < -0.39 is 0 Å². The molecule has 0 aromatic heterocycles. The molecule has 0 N–H and O–H groups in total. The summed E-state index contributed by atoms with van der Waals surface area (Å²) in [6.45, 7) is 7.21. The minimum Gasteiger partial charge on any atom is -0.0990 e. The fourth-order valence-corrected chi connectivity index (χ4v) is 6.38. The lowest BCUT2D eigenvalue weighted by Gasteiger charge is -1.96. The summed E-state index contributed by atoms with van der Waals surface area (Å²) >= 11 is 6.78. The highest BCUT2D eigenvalue weighted by Gasteiger charge is 1.96. The van der Waals surface area contributed by atoms with Crippen molar-refractivity contribution in [3.05, 3.63) is 45.1 Å². The maximum absolute atomic E-state index is 3.60. The Bertz CT molecular complexity index is 210. The van der Waals surface area contributed by atoms with Crippen LogP contribution in [0.2, 0.25) is 0 Å². The Kier molecular flexibility index (Phi) is 10.2. The van der Waals surface area contributed by atoms with Gasteiger partial charge in [0.25, 0.3) is 0 Å². The van der Waals surface area contributed by atoms with Gasteiger partial charge in [-0.1, -0.05) is 25.3 Å². The van der Waals surface area contributed by atoms with Crippen LogP contribution in [0, 0.1) is 0 Å². The van der Waals surface area contributed by atoms with Crippen LogP contribution in [0.3, 0.4) is 0 Å². The van der Waals surface area contributed by atoms with Crippen LogP contribution in [0.4, 0.5) is 0 Å². The first-order valence-corrected chi connectivity index (χ1v) is 8.25. The first kappa shape index (κ1) is 14.0. The highest BCUT2D eigenvalue weighted by atomic mass is 79.9. The molecule has 0 saturated heterocycles. The number of hydrogen-bond donors (Lipinski definition) is 0. The molecule has 5 heteroatoms. The van der Waals surface area contributed by atoms with Crippen LogP contribution in [0.5, 0.6) is 0 Å². The van der Waals surface area contributed by atoms with Gasteiger partial charge in [-0.3, -0.25) is 0 Å². The Morgan fingerprint density at radius 1 is 0.923 bits per heavy atom. The molecule has 0 amide bonds. The lowest BCUT2D eigenvalue weighted by molar-refractivity contribution is 2.10. The first-order chi connectivity index (χ1) is 6.20. The molecule has 0 bridgehead atoms. The molecule has 0 aromatic rings. The summed E-state index contributed by atoms with van der Waals surface area (Å²) in [5.41, 5.74) is 0. The average Bonchev–Trinajstić information content (AvgIpc) is 2.05. The van der Waals surface area contributed by atoms with E-state index in [0.717, 1.165) is 7.63 Å². The van der Waals surface area contributed by atoms with Gasteiger partial charge in [0, 0.05) is 0 Å². The highest BCUT2D eigenvalue weighted by molar-refractivity contribution is 9.24. The van der Waals surface area contributed by atoms with Gasteiger partial charge < -0.3 is 0 Å². The monoisotopic (exact) mass is 358 g/mol. The van der Waals surface area contributed by atoms with Crippen LogP contribution in [0.1, 0.15) is 0 Å². The normalized spacial score (nSPS) is 12.8. The fraction of sp³-hybridized carbons (Fsp3) is 0. The van der Waals surface area contributed by atoms with Gasteiger partial charge in [0.05, 0.1) is 7.63 Å². The molecule has 0 heterocycles. The SMILES string of the molecule is C=C/C=C(/Br)SSS/C(Br)=C\C=C. The largest absolute Gasteiger partial charge is 0.0990 e. The molecule has 0 radical (unpaired) electrons. The Labute approximate surface area is 107 Å². The van der Waals surface area contributed by atoms with E-state index in [4.69, 9.17) is 0 Å². The number of allylic oxidation sites excluding steroid dienone is 4. The Morgan fingerprint density at radius 2 is 1.31 bits per heavy atom. The second kappa shape index (κ2) is 9.52. The summed E-state index contributed by atoms with van der Waals surface area (Å²) in [7, 11) is 4.93. The third-order valence-electron chi connectivity index (χ3n) is 0.725. The lowest BCUT2D eigenvalue weighted by Crippen LogP contribution is -1.55. The van der Waals surface area contributed by atoms with E-state index in [2.05, 4.69) is 45.0 Å². The predicted octanol–water partition coefficient (Wildman–Crippen LogP) is 5.86. The van der Waals surface area contributed by atoms with Gasteiger partial charge in [0.15, 0.2) is 0 Å². The van der Waals surface area contributed by atoms with Gasteiger partial charge in [0.1, 0.15) is 0 Å². The predicted molar refractivity (Wildman–Crippen MR) is 77.2 cm³/mol. The van der Waals surface area contributed by atoms with E-state index in [1.165, 1.54) is 0 Å². The molecule has 0 aliphatic carbocycles. The molecule has 0 unspecified atom stereocenters. The van der Waals surface area contributed by atoms with Gasteiger partial charge in [-0.25, -0.2) is 0 Å². The van der Waals surface area contributed by atoms with Crippen LogP contribution < -0.4 is 0 Å². The fourth-order valence-electron chi connectivity index (χ4n) is 0.323. The van der Waals surface area contributed by atoms with E-state index in [1.54, 1.807) is 43.6 Å². The van der Waals surface area contributed by atoms with Crippen molar-refractivity contribution in [3.63, 3.8) is 0 Å². The Morgan fingerprint density at radius 3 is 1.62 bits per heavy atom. The van der Waals surface area contributed by atoms with E-state index in [-0.39, 0.29) is 0 Å².